The number of hydrogen-bond acceptors (Lipinski definition) is 6. The standard InChI is InChI=1S/C13H12N2O5/c1-7-10(13(16)19-2)6-12(20-7)9-4-3-8(14)5-11(9)15(17)18/h3-6H,14H2,1-2H3. The molecule has 0 saturated heterocycles. The van der Waals surface area contributed by atoms with Gasteiger partial charge in [0.1, 0.15) is 17.1 Å². The number of carbonyl (C=O) groups is 1. The topological polar surface area (TPSA) is 109 Å². The highest BCUT2D eigenvalue weighted by atomic mass is 16.6. The molecule has 1 aromatic carbocycles. The Bertz CT molecular complexity index is 690. The summed E-state index contributed by atoms with van der Waals surface area (Å²) in [5, 5.41) is 11.0. The highest BCUT2D eigenvalue weighted by Crippen LogP contribution is 2.34. The van der Waals surface area contributed by atoms with Crippen molar-refractivity contribution < 1.29 is 18.9 Å². The Balaban J connectivity index is 2.58. The van der Waals surface area contributed by atoms with Crippen molar-refractivity contribution in [2.45, 2.75) is 6.92 Å². The van der Waals surface area contributed by atoms with Crippen LogP contribution in [0.4, 0.5) is 11.4 Å². The lowest BCUT2D eigenvalue weighted by molar-refractivity contribution is -0.384. The predicted molar refractivity (Wildman–Crippen MR) is 71.3 cm³/mol. The number of ether oxygens (including phenoxy) is 1. The Morgan fingerprint density at radius 1 is 1.40 bits per heavy atom. The molecule has 0 amide bonds. The van der Waals surface area contributed by atoms with Gasteiger partial charge in [0.25, 0.3) is 5.69 Å². The zero-order valence-corrected chi connectivity index (χ0v) is 10.9. The zero-order valence-electron chi connectivity index (χ0n) is 10.9. The molecule has 0 aliphatic heterocycles. The molecule has 7 heteroatoms. The summed E-state index contributed by atoms with van der Waals surface area (Å²) in [6, 6.07) is 5.66. The predicted octanol–water partition coefficient (Wildman–Crippen LogP) is 2.53. The van der Waals surface area contributed by atoms with Crippen LogP contribution in [0.5, 0.6) is 0 Å². The minimum Gasteiger partial charge on any atom is -0.465 e. The van der Waals surface area contributed by atoms with Crippen LogP contribution in [0.15, 0.2) is 28.7 Å². The number of hydrogen-bond donors (Lipinski definition) is 1. The molecule has 104 valence electrons. The van der Waals surface area contributed by atoms with Crippen molar-refractivity contribution in [2.75, 3.05) is 12.8 Å². The first-order valence-corrected chi connectivity index (χ1v) is 5.67. The molecule has 7 nitrogen and oxygen atoms in total. The third-order valence-electron chi connectivity index (χ3n) is 2.81. The number of rotatable bonds is 3. The van der Waals surface area contributed by atoms with Crippen LogP contribution < -0.4 is 5.73 Å². The van der Waals surface area contributed by atoms with Gasteiger partial charge in [0, 0.05) is 11.8 Å². The highest BCUT2D eigenvalue weighted by Gasteiger charge is 2.22. The monoisotopic (exact) mass is 276 g/mol. The maximum absolute atomic E-state index is 11.5. The first-order chi connectivity index (χ1) is 9.43. The minimum atomic E-state index is -0.560. The van der Waals surface area contributed by atoms with Gasteiger partial charge in [-0.3, -0.25) is 10.1 Å². The zero-order chi connectivity index (χ0) is 14.9. The number of nitro groups is 1. The first-order valence-electron chi connectivity index (χ1n) is 5.67. The third kappa shape index (κ3) is 2.33. The van der Waals surface area contributed by atoms with Crippen LogP contribution in [0.25, 0.3) is 11.3 Å². The van der Waals surface area contributed by atoms with Gasteiger partial charge in [-0.25, -0.2) is 4.79 Å². The van der Waals surface area contributed by atoms with Crippen molar-refractivity contribution in [3.63, 3.8) is 0 Å². The second-order valence-electron chi connectivity index (χ2n) is 4.11. The summed E-state index contributed by atoms with van der Waals surface area (Å²) in [5.74, 6) is -0.0110. The van der Waals surface area contributed by atoms with E-state index in [9.17, 15) is 14.9 Å². The number of aryl methyl sites for hydroxylation is 1. The highest BCUT2D eigenvalue weighted by molar-refractivity contribution is 5.92. The van der Waals surface area contributed by atoms with Crippen molar-refractivity contribution in [1.82, 2.24) is 0 Å². The molecule has 0 aliphatic carbocycles. The van der Waals surface area contributed by atoms with E-state index in [1.807, 2.05) is 0 Å². The number of nitrogen functional groups attached to an aromatic ring is 1. The Hall–Kier alpha value is -2.83. The number of esters is 1. The molecule has 0 bridgehead atoms. The molecule has 0 aliphatic rings. The van der Waals surface area contributed by atoms with E-state index in [1.165, 1.54) is 31.4 Å². The second kappa shape index (κ2) is 5.04. The lowest BCUT2D eigenvalue weighted by Gasteiger charge is -2.00. The van der Waals surface area contributed by atoms with Crippen LogP contribution in [-0.2, 0) is 4.74 Å². The molecule has 2 N–H and O–H groups in total. The summed E-state index contributed by atoms with van der Waals surface area (Å²) in [7, 11) is 1.25. The lowest BCUT2D eigenvalue weighted by atomic mass is 10.1. The van der Waals surface area contributed by atoms with Gasteiger partial charge < -0.3 is 14.9 Å². The first kappa shape index (κ1) is 13.6. The summed E-state index contributed by atoms with van der Waals surface area (Å²) in [6.45, 7) is 1.58. The molecule has 20 heavy (non-hydrogen) atoms. The van der Waals surface area contributed by atoms with Gasteiger partial charge in [0.15, 0.2) is 0 Å². The van der Waals surface area contributed by atoms with Crippen LogP contribution >= 0.6 is 0 Å². The lowest BCUT2D eigenvalue weighted by Crippen LogP contribution is -2.00. The fourth-order valence-electron chi connectivity index (χ4n) is 1.84. The molecule has 1 heterocycles. The summed E-state index contributed by atoms with van der Waals surface area (Å²) >= 11 is 0. The van der Waals surface area contributed by atoms with Crippen molar-refractivity contribution in [3.8, 4) is 11.3 Å². The molecule has 0 spiro atoms. The molecule has 0 radical (unpaired) electrons. The largest absolute Gasteiger partial charge is 0.465 e. The maximum atomic E-state index is 11.5. The fraction of sp³-hybridized carbons (Fsp3) is 0.154. The summed E-state index contributed by atoms with van der Waals surface area (Å²) in [6.07, 6.45) is 0. The van der Waals surface area contributed by atoms with Crippen LogP contribution in [-0.4, -0.2) is 18.0 Å². The maximum Gasteiger partial charge on any atom is 0.341 e. The number of nitrogens with zero attached hydrogens (tertiary/aromatic N) is 1. The van der Waals surface area contributed by atoms with E-state index in [2.05, 4.69) is 4.74 Å². The van der Waals surface area contributed by atoms with E-state index in [4.69, 9.17) is 10.2 Å². The van der Waals surface area contributed by atoms with Crippen LogP contribution in [0.3, 0.4) is 0 Å². The van der Waals surface area contributed by atoms with Crippen molar-refractivity contribution in [3.05, 3.63) is 45.7 Å². The summed E-state index contributed by atoms with van der Waals surface area (Å²) < 4.78 is 10.0. The Morgan fingerprint density at radius 3 is 2.70 bits per heavy atom. The third-order valence-corrected chi connectivity index (χ3v) is 2.81. The van der Waals surface area contributed by atoms with Crippen molar-refractivity contribution >= 4 is 17.3 Å². The Morgan fingerprint density at radius 2 is 2.10 bits per heavy atom. The minimum absolute atomic E-state index is 0.185. The van der Waals surface area contributed by atoms with E-state index >= 15 is 0 Å². The number of methoxy groups -OCH3 is 1. The average Bonchev–Trinajstić information content (AvgIpc) is 2.79. The molecule has 0 saturated carbocycles. The number of anilines is 1. The molecule has 0 atom stereocenters. The van der Waals surface area contributed by atoms with Crippen molar-refractivity contribution in [1.29, 1.82) is 0 Å². The van der Waals surface area contributed by atoms with Crippen LogP contribution in [0, 0.1) is 17.0 Å². The van der Waals surface area contributed by atoms with Crippen molar-refractivity contribution in [2.24, 2.45) is 0 Å². The van der Waals surface area contributed by atoms with E-state index in [1.54, 1.807) is 6.92 Å². The number of furan rings is 1. The quantitative estimate of drug-likeness (QED) is 0.399. The Labute approximate surface area is 114 Å². The SMILES string of the molecule is COC(=O)c1cc(-c2ccc(N)cc2[N+](=O)[O-])oc1C. The number of carbonyl (C=O) groups excluding carboxylic acids is 1. The summed E-state index contributed by atoms with van der Waals surface area (Å²) in [5.41, 5.74) is 6.11. The number of benzene rings is 1. The van der Waals surface area contributed by atoms with Gasteiger partial charge in [0.05, 0.1) is 17.6 Å². The van der Waals surface area contributed by atoms with Gasteiger partial charge in [-0.1, -0.05) is 0 Å². The van der Waals surface area contributed by atoms with Gasteiger partial charge in [-0.05, 0) is 25.1 Å². The number of nitro benzene ring substituents is 1. The van der Waals surface area contributed by atoms with Gasteiger partial charge in [-0.2, -0.15) is 0 Å². The number of nitrogens with two attached hydrogens (primary N) is 1. The van der Waals surface area contributed by atoms with E-state index in [0.29, 0.717) is 5.76 Å². The Kier molecular flexibility index (Phi) is 3.43. The van der Waals surface area contributed by atoms with E-state index in [0.717, 1.165) is 0 Å². The molecule has 1 aromatic heterocycles. The molecular formula is C13H12N2O5. The molecule has 0 unspecified atom stereocenters. The van der Waals surface area contributed by atoms with Gasteiger partial charge in [0.2, 0.25) is 0 Å². The van der Waals surface area contributed by atoms with E-state index in [-0.39, 0.29) is 28.3 Å². The molecule has 2 aromatic rings. The second-order valence-corrected chi connectivity index (χ2v) is 4.11. The smallest absolute Gasteiger partial charge is 0.341 e. The molecular weight excluding hydrogens is 264 g/mol. The van der Waals surface area contributed by atoms with E-state index < -0.39 is 10.9 Å². The normalized spacial score (nSPS) is 10.3. The van der Waals surface area contributed by atoms with Gasteiger partial charge in [-0.15, -0.1) is 0 Å². The van der Waals surface area contributed by atoms with Crippen LogP contribution in [0.1, 0.15) is 16.1 Å². The summed E-state index contributed by atoms with van der Waals surface area (Å²) in [4.78, 5) is 22.0. The average molecular weight is 276 g/mol. The van der Waals surface area contributed by atoms with Crippen LogP contribution in [0.2, 0.25) is 0 Å². The molecule has 2 rings (SSSR count). The fourth-order valence-corrected chi connectivity index (χ4v) is 1.84. The van der Waals surface area contributed by atoms with Gasteiger partial charge >= 0.3 is 5.97 Å². The molecule has 0 fully saturated rings.